The quantitative estimate of drug-likeness (QED) is 0.883. The number of thiazole rings is 1. The van der Waals surface area contributed by atoms with E-state index < -0.39 is 0 Å². The van der Waals surface area contributed by atoms with Gasteiger partial charge in [0.05, 0.1) is 10.7 Å². The molecule has 0 fully saturated rings. The van der Waals surface area contributed by atoms with Gasteiger partial charge < -0.3 is 5.32 Å². The molecule has 2 rings (SSSR count). The highest BCUT2D eigenvalue weighted by atomic mass is 79.9. The molecule has 0 spiro atoms. The summed E-state index contributed by atoms with van der Waals surface area (Å²) in [5.41, 5.74) is 1.71. The van der Waals surface area contributed by atoms with Crippen LogP contribution < -0.4 is 5.32 Å². The number of aromatic nitrogens is 1. The number of hydrogen-bond donors (Lipinski definition) is 1. The monoisotopic (exact) mass is 342 g/mol. The molecular weight excluding hydrogens is 327 g/mol. The maximum absolute atomic E-state index is 13.6. The Kier molecular flexibility index (Phi) is 4.71. The number of nitrogens with zero attached hydrogens (tertiary/aromatic N) is 1. The van der Waals surface area contributed by atoms with Crippen molar-refractivity contribution in [2.24, 2.45) is 0 Å². The SMILES string of the molecule is Cc1nc(C(C)NCc2cc(Br)ccc2F)c(C)s1. The summed E-state index contributed by atoms with van der Waals surface area (Å²) in [5, 5.41) is 4.39. The van der Waals surface area contributed by atoms with Gasteiger partial charge in [0.15, 0.2) is 0 Å². The Hall–Kier alpha value is -0.780. The number of benzene rings is 1. The first kappa shape index (κ1) is 14.6. The van der Waals surface area contributed by atoms with Gasteiger partial charge in [-0.05, 0) is 39.0 Å². The smallest absolute Gasteiger partial charge is 0.127 e. The lowest BCUT2D eigenvalue weighted by Gasteiger charge is -2.13. The van der Waals surface area contributed by atoms with Gasteiger partial charge in [-0.3, -0.25) is 0 Å². The molecule has 1 N–H and O–H groups in total. The molecule has 1 heterocycles. The summed E-state index contributed by atoms with van der Waals surface area (Å²) in [7, 11) is 0. The van der Waals surface area contributed by atoms with E-state index in [-0.39, 0.29) is 11.9 Å². The van der Waals surface area contributed by atoms with Gasteiger partial charge in [0.1, 0.15) is 5.82 Å². The zero-order valence-corrected chi connectivity index (χ0v) is 13.5. The van der Waals surface area contributed by atoms with Crippen molar-refractivity contribution < 1.29 is 4.39 Å². The molecule has 2 nitrogen and oxygen atoms in total. The van der Waals surface area contributed by atoms with Gasteiger partial charge in [-0.25, -0.2) is 9.37 Å². The molecule has 1 aromatic carbocycles. The van der Waals surface area contributed by atoms with Crippen molar-refractivity contribution in [3.63, 3.8) is 0 Å². The predicted octanol–water partition coefficient (Wildman–Crippen LogP) is 4.51. The van der Waals surface area contributed by atoms with E-state index in [0.717, 1.165) is 15.2 Å². The Bertz CT molecular complexity index is 583. The molecule has 0 aliphatic rings. The third-order valence-electron chi connectivity index (χ3n) is 2.96. The first-order chi connectivity index (χ1) is 8.97. The van der Waals surface area contributed by atoms with Crippen LogP contribution in [0, 0.1) is 19.7 Å². The summed E-state index contributed by atoms with van der Waals surface area (Å²) in [6.07, 6.45) is 0. The Morgan fingerprint density at radius 1 is 1.42 bits per heavy atom. The van der Waals surface area contributed by atoms with Gasteiger partial charge in [0.2, 0.25) is 0 Å². The number of hydrogen-bond acceptors (Lipinski definition) is 3. The molecule has 19 heavy (non-hydrogen) atoms. The van der Waals surface area contributed by atoms with Crippen molar-refractivity contribution in [3.05, 3.63) is 49.6 Å². The molecule has 0 saturated heterocycles. The van der Waals surface area contributed by atoms with Crippen LogP contribution in [0.4, 0.5) is 4.39 Å². The number of aryl methyl sites for hydroxylation is 2. The minimum Gasteiger partial charge on any atom is -0.305 e. The fourth-order valence-electron chi connectivity index (χ4n) is 1.99. The molecule has 1 aromatic heterocycles. The molecule has 1 unspecified atom stereocenters. The van der Waals surface area contributed by atoms with Crippen LogP contribution in [0.25, 0.3) is 0 Å². The summed E-state index contributed by atoms with van der Waals surface area (Å²) >= 11 is 5.05. The molecule has 5 heteroatoms. The summed E-state index contributed by atoms with van der Waals surface area (Å²) in [6, 6.07) is 5.09. The van der Waals surface area contributed by atoms with Gasteiger partial charge in [-0.15, -0.1) is 11.3 Å². The van der Waals surface area contributed by atoms with Crippen LogP contribution in [0.2, 0.25) is 0 Å². The van der Waals surface area contributed by atoms with Gasteiger partial charge >= 0.3 is 0 Å². The topological polar surface area (TPSA) is 24.9 Å². The van der Waals surface area contributed by atoms with Crippen LogP contribution >= 0.6 is 27.3 Å². The lowest BCUT2D eigenvalue weighted by molar-refractivity contribution is 0.535. The van der Waals surface area contributed by atoms with E-state index in [1.165, 1.54) is 10.9 Å². The van der Waals surface area contributed by atoms with E-state index in [1.54, 1.807) is 23.5 Å². The van der Waals surface area contributed by atoms with E-state index in [4.69, 9.17) is 0 Å². The first-order valence-electron chi connectivity index (χ1n) is 6.08. The van der Waals surface area contributed by atoms with E-state index in [1.807, 2.05) is 6.92 Å². The van der Waals surface area contributed by atoms with Crippen molar-refractivity contribution in [2.75, 3.05) is 0 Å². The van der Waals surface area contributed by atoms with E-state index in [2.05, 4.69) is 40.1 Å². The lowest BCUT2D eigenvalue weighted by atomic mass is 10.1. The third-order valence-corrected chi connectivity index (χ3v) is 4.35. The first-order valence-corrected chi connectivity index (χ1v) is 7.69. The largest absolute Gasteiger partial charge is 0.305 e. The highest BCUT2D eigenvalue weighted by Gasteiger charge is 2.13. The van der Waals surface area contributed by atoms with Crippen LogP contribution in [0.5, 0.6) is 0 Å². The van der Waals surface area contributed by atoms with Crippen molar-refractivity contribution >= 4 is 27.3 Å². The molecule has 2 aromatic rings. The molecule has 0 aliphatic heterocycles. The number of rotatable bonds is 4. The standard InChI is InChI=1S/C14H16BrFN2S/c1-8(14-9(2)19-10(3)18-14)17-7-11-6-12(15)4-5-13(11)16/h4-6,8,17H,7H2,1-3H3. The molecule has 0 aliphatic carbocycles. The lowest BCUT2D eigenvalue weighted by Crippen LogP contribution is -2.19. The van der Waals surface area contributed by atoms with Gasteiger partial charge in [-0.2, -0.15) is 0 Å². The van der Waals surface area contributed by atoms with Gasteiger partial charge in [0, 0.05) is 27.5 Å². The third kappa shape index (κ3) is 3.61. The summed E-state index contributed by atoms with van der Waals surface area (Å²) in [4.78, 5) is 5.73. The Labute approximate surface area is 125 Å². The van der Waals surface area contributed by atoms with Crippen molar-refractivity contribution in [2.45, 2.75) is 33.4 Å². The predicted molar refractivity (Wildman–Crippen MR) is 80.9 cm³/mol. The van der Waals surface area contributed by atoms with Crippen LogP contribution in [-0.4, -0.2) is 4.98 Å². The molecule has 102 valence electrons. The van der Waals surface area contributed by atoms with Crippen LogP contribution in [0.15, 0.2) is 22.7 Å². The summed E-state index contributed by atoms with van der Waals surface area (Å²) in [6.45, 7) is 6.61. The molecular formula is C14H16BrFN2S. The highest BCUT2D eigenvalue weighted by molar-refractivity contribution is 9.10. The normalized spacial score (nSPS) is 12.7. The zero-order valence-electron chi connectivity index (χ0n) is 11.1. The fraction of sp³-hybridized carbons (Fsp3) is 0.357. The van der Waals surface area contributed by atoms with Crippen molar-refractivity contribution in [3.8, 4) is 0 Å². The van der Waals surface area contributed by atoms with E-state index in [9.17, 15) is 4.39 Å². The maximum atomic E-state index is 13.6. The van der Waals surface area contributed by atoms with Crippen molar-refractivity contribution in [1.82, 2.24) is 10.3 Å². The average molecular weight is 343 g/mol. The summed E-state index contributed by atoms with van der Waals surface area (Å²) < 4.78 is 14.5. The Balaban J connectivity index is 2.06. The molecule has 0 radical (unpaired) electrons. The second-order valence-corrected chi connectivity index (χ2v) is 6.84. The highest BCUT2D eigenvalue weighted by Crippen LogP contribution is 2.23. The Morgan fingerprint density at radius 3 is 2.79 bits per heavy atom. The van der Waals surface area contributed by atoms with Crippen LogP contribution in [0.3, 0.4) is 0 Å². The fourth-order valence-corrected chi connectivity index (χ4v) is 3.31. The van der Waals surface area contributed by atoms with E-state index in [0.29, 0.717) is 12.1 Å². The molecule has 0 saturated carbocycles. The maximum Gasteiger partial charge on any atom is 0.127 e. The van der Waals surface area contributed by atoms with Crippen molar-refractivity contribution in [1.29, 1.82) is 0 Å². The second-order valence-electron chi connectivity index (χ2n) is 4.51. The second kappa shape index (κ2) is 6.11. The number of halogens is 2. The average Bonchev–Trinajstić information content (AvgIpc) is 2.69. The molecule has 1 atom stereocenters. The molecule has 0 bridgehead atoms. The molecule has 0 amide bonds. The van der Waals surface area contributed by atoms with Gasteiger partial charge in [0.25, 0.3) is 0 Å². The Morgan fingerprint density at radius 2 is 2.16 bits per heavy atom. The van der Waals surface area contributed by atoms with E-state index >= 15 is 0 Å². The number of nitrogens with one attached hydrogen (secondary N) is 1. The zero-order chi connectivity index (χ0) is 14.0. The minimum absolute atomic E-state index is 0.114. The van der Waals surface area contributed by atoms with Gasteiger partial charge in [-0.1, -0.05) is 15.9 Å². The minimum atomic E-state index is -0.186. The summed E-state index contributed by atoms with van der Waals surface area (Å²) in [5.74, 6) is -0.186. The van der Waals surface area contributed by atoms with Crippen LogP contribution in [0.1, 0.15) is 34.1 Å². The van der Waals surface area contributed by atoms with Crippen LogP contribution in [-0.2, 0) is 6.54 Å².